The molecule has 0 aromatic rings. The van der Waals surface area contributed by atoms with Crippen molar-refractivity contribution in [1.82, 2.24) is 0 Å². The maximum Gasteiger partial charge on any atom is 0.0588 e. The van der Waals surface area contributed by atoms with E-state index < -0.39 is 0 Å². The predicted molar refractivity (Wildman–Crippen MR) is 38.1 cm³/mol. The van der Waals surface area contributed by atoms with Crippen LogP contribution in [0.4, 0.5) is 0 Å². The minimum Gasteiger partial charge on any atom is -0.380 e. The van der Waals surface area contributed by atoms with Crippen molar-refractivity contribution in [1.29, 1.82) is 0 Å². The van der Waals surface area contributed by atoms with E-state index in [1.54, 1.807) is 0 Å². The molecule has 0 aliphatic heterocycles. The Hall–Kier alpha value is -0.120. The van der Waals surface area contributed by atoms with E-state index in [0.29, 0.717) is 13.2 Å². The molecule has 0 saturated heterocycles. The molecule has 1 unspecified atom stereocenters. The third-order valence-electron chi connectivity index (χ3n) is 0.980. The molecular formula is C6H16N2O. The molecule has 9 heavy (non-hydrogen) atoms. The Morgan fingerprint density at radius 3 is 2.56 bits per heavy atom. The normalized spacial score (nSPS) is 13.7. The molecule has 0 amide bonds. The highest BCUT2D eigenvalue weighted by Crippen LogP contribution is 1.85. The smallest absolute Gasteiger partial charge is 0.0588 e. The molecule has 0 aliphatic rings. The van der Waals surface area contributed by atoms with Gasteiger partial charge in [-0.3, -0.25) is 0 Å². The van der Waals surface area contributed by atoms with Crippen LogP contribution in [-0.4, -0.2) is 25.8 Å². The second kappa shape index (κ2) is 6.01. The maximum atomic E-state index is 5.46. The van der Waals surface area contributed by atoms with Crippen molar-refractivity contribution in [3.8, 4) is 0 Å². The van der Waals surface area contributed by atoms with E-state index >= 15 is 0 Å². The van der Waals surface area contributed by atoms with Gasteiger partial charge in [-0.1, -0.05) is 0 Å². The first-order valence-corrected chi connectivity index (χ1v) is 3.30. The van der Waals surface area contributed by atoms with Crippen molar-refractivity contribution < 1.29 is 4.74 Å². The molecular weight excluding hydrogens is 116 g/mol. The second-order valence-electron chi connectivity index (χ2n) is 2.17. The molecule has 56 valence electrons. The van der Waals surface area contributed by atoms with Gasteiger partial charge < -0.3 is 16.2 Å². The lowest BCUT2D eigenvalue weighted by atomic mass is 10.3. The first-order valence-electron chi connectivity index (χ1n) is 3.30. The average Bonchev–Trinajstić information content (AvgIpc) is 1.80. The SMILES string of the molecule is CC(N)CCOCCN. The van der Waals surface area contributed by atoms with Gasteiger partial charge in [-0.2, -0.15) is 0 Å². The van der Waals surface area contributed by atoms with Crippen LogP contribution in [0.1, 0.15) is 13.3 Å². The van der Waals surface area contributed by atoms with Gasteiger partial charge in [0.1, 0.15) is 0 Å². The summed E-state index contributed by atoms with van der Waals surface area (Å²) in [4.78, 5) is 0. The lowest BCUT2D eigenvalue weighted by Gasteiger charge is -2.04. The molecule has 3 heteroatoms. The zero-order chi connectivity index (χ0) is 7.11. The second-order valence-corrected chi connectivity index (χ2v) is 2.17. The van der Waals surface area contributed by atoms with Gasteiger partial charge in [-0.05, 0) is 13.3 Å². The van der Waals surface area contributed by atoms with Gasteiger partial charge in [0, 0.05) is 19.2 Å². The molecule has 0 rings (SSSR count). The van der Waals surface area contributed by atoms with Crippen LogP contribution in [0.5, 0.6) is 0 Å². The molecule has 0 bridgehead atoms. The summed E-state index contributed by atoms with van der Waals surface area (Å²) in [7, 11) is 0. The summed E-state index contributed by atoms with van der Waals surface area (Å²) in [6.45, 7) is 3.94. The summed E-state index contributed by atoms with van der Waals surface area (Å²) in [5.41, 5.74) is 10.7. The number of ether oxygens (including phenoxy) is 1. The van der Waals surface area contributed by atoms with Crippen LogP contribution in [0.3, 0.4) is 0 Å². The molecule has 0 aliphatic carbocycles. The fraction of sp³-hybridized carbons (Fsp3) is 1.00. The van der Waals surface area contributed by atoms with Gasteiger partial charge in [-0.15, -0.1) is 0 Å². The van der Waals surface area contributed by atoms with Gasteiger partial charge >= 0.3 is 0 Å². The van der Waals surface area contributed by atoms with E-state index in [-0.39, 0.29) is 6.04 Å². The predicted octanol–water partition coefficient (Wildman–Crippen LogP) is -0.301. The van der Waals surface area contributed by atoms with Crippen molar-refractivity contribution in [2.75, 3.05) is 19.8 Å². The highest BCUT2D eigenvalue weighted by Gasteiger charge is 1.91. The fourth-order valence-electron chi connectivity index (χ4n) is 0.455. The summed E-state index contributed by atoms with van der Waals surface area (Å²) in [6, 6.07) is 0.239. The van der Waals surface area contributed by atoms with E-state index in [1.165, 1.54) is 0 Å². The third-order valence-corrected chi connectivity index (χ3v) is 0.980. The van der Waals surface area contributed by atoms with Gasteiger partial charge in [0.05, 0.1) is 6.61 Å². The molecule has 0 saturated carbocycles. The summed E-state index contributed by atoms with van der Waals surface area (Å²) in [6.07, 6.45) is 0.917. The first-order chi connectivity index (χ1) is 4.27. The van der Waals surface area contributed by atoms with Crippen LogP contribution < -0.4 is 11.5 Å². The monoisotopic (exact) mass is 132 g/mol. The summed E-state index contributed by atoms with van der Waals surface area (Å²) < 4.78 is 5.09. The molecule has 0 heterocycles. The van der Waals surface area contributed by atoms with Crippen LogP contribution in [-0.2, 0) is 4.74 Å². The van der Waals surface area contributed by atoms with Gasteiger partial charge in [0.15, 0.2) is 0 Å². The molecule has 0 spiro atoms. The Morgan fingerprint density at radius 2 is 2.11 bits per heavy atom. The van der Waals surface area contributed by atoms with E-state index in [2.05, 4.69) is 0 Å². The van der Waals surface area contributed by atoms with Crippen molar-refractivity contribution in [2.45, 2.75) is 19.4 Å². The van der Waals surface area contributed by atoms with Crippen molar-refractivity contribution in [2.24, 2.45) is 11.5 Å². The van der Waals surface area contributed by atoms with Crippen molar-refractivity contribution in [3.63, 3.8) is 0 Å². The van der Waals surface area contributed by atoms with E-state index in [1.807, 2.05) is 6.92 Å². The molecule has 3 nitrogen and oxygen atoms in total. The van der Waals surface area contributed by atoms with Crippen LogP contribution in [0, 0.1) is 0 Å². The highest BCUT2D eigenvalue weighted by molar-refractivity contribution is 4.50. The molecule has 1 atom stereocenters. The van der Waals surface area contributed by atoms with Gasteiger partial charge in [0.25, 0.3) is 0 Å². The Balaban J connectivity index is 2.75. The standard InChI is InChI=1S/C6H16N2O/c1-6(8)2-4-9-5-3-7/h6H,2-5,7-8H2,1H3. The van der Waals surface area contributed by atoms with Crippen LogP contribution >= 0.6 is 0 Å². The highest BCUT2D eigenvalue weighted by atomic mass is 16.5. The Morgan fingerprint density at radius 1 is 1.44 bits per heavy atom. The van der Waals surface area contributed by atoms with Gasteiger partial charge in [0.2, 0.25) is 0 Å². The lowest BCUT2D eigenvalue weighted by Crippen LogP contribution is -2.18. The largest absolute Gasteiger partial charge is 0.380 e. The Kier molecular flexibility index (Phi) is 5.93. The summed E-state index contributed by atoms with van der Waals surface area (Å²) >= 11 is 0. The first kappa shape index (κ1) is 8.88. The molecule has 0 aromatic carbocycles. The number of nitrogens with two attached hydrogens (primary N) is 2. The fourth-order valence-corrected chi connectivity index (χ4v) is 0.455. The molecule has 0 fully saturated rings. The topological polar surface area (TPSA) is 61.3 Å². The Bertz CT molecular complexity index is 57.0. The number of hydrogen-bond acceptors (Lipinski definition) is 3. The van der Waals surface area contributed by atoms with E-state index in [0.717, 1.165) is 13.0 Å². The summed E-state index contributed by atoms with van der Waals surface area (Å²) in [5.74, 6) is 0. The van der Waals surface area contributed by atoms with Crippen molar-refractivity contribution >= 4 is 0 Å². The van der Waals surface area contributed by atoms with E-state index in [4.69, 9.17) is 16.2 Å². The molecule has 0 radical (unpaired) electrons. The van der Waals surface area contributed by atoms with Gasteiger partial charge in [-0.25, -0.2) is 0 Å². The Labute approximate surface area is 56.4 Å². The maximum absolute atomic E-state index is 5.46. The van der Waals surface area contributed by atoms with Crippen molar-refractivity contribution in [3.05, 3.63) is 0 Å². The van der Waals surface area contributed by atoms with Crippen LogP contribution in [0.15, 0.2) is 0 Å². The zero-order valence-corrected chi connectivity index (χ0v) is 5.97. The van der Waals surface area contributed by atoms with Crippen LogP contribution in [0.2, 0.25) is 0 Å². The average molecular weight is 132 g/mol. The minimum atomic E-state index is 0.239. The minimum absolute atomic E-state index is 0.239. The van der Waals surface area contributed by atoms with Crippen LogP contribution in [0.25, 0.3) is 0 Å². The quantitative estimate of drug-likeness (QED) is 0.505. The summed E-state index contributed by atoms with van der Waals surface area (Å²) in [5, 5.41) is 0. The zero-order valence-electron chi connectivity index (χ0n) is 5.97. The molecule has 0 aromatic heterocycles. The lowest BCUT2D eigenvalue weighted by molar-refractivity contribution is 0.135. The third kappa shape index (κ3) is 7.88. The number of hydrogen-bond donors (Lipinski definition) is 2. The molecule has 4 N–H and O–H groups in total. The van der Waals surface area contributed by atoms with E-state index in [9.17, 15) is 0 Å². The number of rotatable bonds is 5.